The Kier molecular flexibility index (Phi) is 4.81. The molecule has 8 heteroatoms. The van der Waals surface area contributed by atoms with E-state index in [0.29, 0.717) is 16.5 Å². The lowest BCUT2D eigenvalue weighted by molar-refractivity contribution is 0.244. The van der Waals surface area contributed by atoms with Crippen LogP contribution in [0, 0.1) is 17.1 Å². The van der Waals surface area contributed by atoms with Crippen molar-refractivity contribution in [2.75, 3.05) is 11.0 Å². The molecule has 0 aliphatic rings. The van der Waals surface area contributed by atoms with Crippen LogP contribution in [0.25, 0.3) is 22.3 Å². The molecule has 0 fully saturated rings. The van der Waals surface area contributed by atoms with Gasteiger partial charge < -0.3 is 9.15 Å². The van der Waals surface area contributed by atoms with E-state index in [9.17, 15) is 18.1 Å². The molecule has 3 rings (SSSR count). The summed E-state index contributed by atoms with van der Waals surface area (Å²) in [5.74, 6) is 0.158. The second-order valence-corrected chi connectivity index (χ2v) is 8.06. The Morgan fingerprint density at radius 1 is 1.22 bits per heavy atom. The molecule has 0 bridgehead atoms. The number of rotatable bonds is 5. The summed E-state index contributed by atoms with van der Waals surface area (Å²) in [6.07, 6.45) is 0.819. The lowest BCUT2D eigenvalue weighted by Crippen LogP contribution is -2.13. The van der Waals surface area contributed by atoms with Gasteiger partial charge in [-0.25, -0.2) is 12.8 Å². The summed E-state index contributed by atoms with van der Waals surface area (Å²) < 4.78 is 50.4. The molecule has 0 aliphatic heterocycles. The molecule has 0 radical (unpaired) electrons. The molecule has 0 saturated heterocycles. The average molecular weight is 388 g/mol. The summed E-state index contributed by atoms with van der Waals surface area (Å²) in [6.45, 7) is 3.61. The van der Waals surface area contributed by atoms with Crippen LogP contribution in [-0.4, -0.2) is 20.8 Å². The fourth-order valence-electron chi connectivity index (χ4n) is 2.67. The van der Waals surface area contributed by atoms with Crippen molar-refractivity contribution in [2.45, 2.75) is 20.0 Å². The minimum Gasteiger partial charge on any atom is -0.489 e. The van der Waals surface area contributed by atoms with Crippen molar-refractivity contribution in [3.8, 4) is 23.1 Å². The molecule has 1 N–H and O–H groups in total. The van der Waals surface area contributed by atoms with Gasteiger partial charge in [0.05, 0.1) is 18.0 Å². The molecule has 2 aromatic carbocycles. The van der Waals surface area contributed by atoms with Crippen LogP contribution in [0.2, 0.25) is 0 Å². The number of hydrogen-bond donors (Lipinski definition) is 1. The summed E-state index contributed by atoms with van der Waals surface area (Å²) in [7, 11) is -3.55. The fraction of sp³-hybridized carbons (Fsp3) is 0.211. The van der Waals surface area contributed by atoms with Crippen molar-refractivity contribution >= 4 is 26.7 Å². The molecule has 0 atom stereocenters. The van der Waals surface area contributed by atoms with Crippen molar-refractivity contribution in [3.05, 3.63) is 47.8 Å². The van der Waals surface area contributed by atoms with E-state index in [1.54, 1.807) is 19.9 Å². The van der Waals surface area contributed by atoms with E-state index < -0.39 is 15.8 Å². The Balaban J connectivity index is 2.24. The number of hydrogen-bond acceptors (Lipinski definition) is 5. The number of anilines is 1. The van der Waals surface area contributed by atoms with Crippen molar-refractivity contribution in [2.24, 2.45) is 0 Å². The highest BCUT2D eigenvalue weighted by atomic mass is 32.2. The third-order valence-electron chi connectivity index (χ3n) is 3.67. The average Bonchev–Trinajstić information content (AvgIpc) is 2.91. The van der Waals surface area contributed by atoms with Crippen LogP contribution in [0.3, 0.4) is 0 Å². The van der Waals surface area contributed by atoms with Crippen LogP contribution in [-0.2, 0) is 10.0 Å². The predicted molar refractivity (Wildman–Crippen MR) is 101 cm³/mol. The van der Waals surface area contributed by atoms with Crippen LogP contribution in [0.4, 0.5) is 10.1 Å². The fourth-order valence-corrected chi connectivity index (χ4v) is 3.23. The predicted octanol–water partition coefficient (Wildman–Crippen LogP) is 4.27. The van der Waals surface area contributed by atoms with Gasteiger partial charge in [0, 0.05) is 17.0 Å². The third-order valence-corrected chi connectivity index (χ3v) is 4.26. The van der Waals surface area contributed by atoms with Gasteiger partial charge in [-0.2, -0.15) is 5.26 Å². The van der Waals surface area contributed by atoms with Crippen molar-refractivity contribution in [3.63, 3.8) is 0 Å². The molecule has 6 nitrogen and oxygen atoms in total. The molecular formula is C19H17FN2O4S. The summed E-state index contributed by atoms with van der Waals surface area (Å²) in [4.78, 5) is 0. The standard InChI is InChI=1S/C19H17FN2O4S/c1-11(2)25-18-8-14-15(10-21)19(12-4-6-13(20)7-5-12)26-17(14)9-16(18)22-27(3,23)24/h4-9,11,22H,1-3H3. The summed E-state index contributed by atoms with van der Waals surface area (Å²) in [5.41, 5.74) is 1.32. The van der Waals surface area contributed by atoms with E-state index >= 15 is 0 Å². The van der Waals surface area contributed by atoms with E-state index in [0.717, 1.165) is 6.26 Å². The first-order valence-corrected chi connectivity index (χ1v) is 9.98. The largest absolute Gasteiger partial charge is 0.489 e. The summed E-state index contributed by atoms with van der Waals surface area (Å²) in [6, 6.07) is 10.7. The smallest absolute Gasteiger partial charge is 0.229 e. The molecule has 3 aromatic rings. The van der Waals surface area contributed by atoms with Crippen LogP contribution in [0.5, 0.6) is 5.75 Å². The summed E-state index contributed by atoms with van der Waals surface area (Å²) in [5, 5.41) is 10.1. The van der Waals surface area contributed by atoms with Gasteiger partial charge in [0.15, 0.2) is 5.76 Å². The molecule has 140 valence electrons. The zero-order valence-electron chi connectivity index (χ0n) is 14.9. The summed E-state index contributed by atoms with van der Waals surface area (Å²) >= 11 is 0. The zero-order valence-corrected chi connectivity index (χ0v) is 15.7. The van der Waals surface area contributed by atoms with E-state index in [4.69, 9.17) is 9.15 Å². The lowest BCUT2D eigenvalue weighted by atomic mass is 10.1. The second kappa shape index (κ2) is 6.93. The number of furan rings is 1. The maximum atomic E-state index is 13.2. The Morgan fingerprint density at radius 2 is 1.89 bits per heavy atom. The Hall–Kier alpha value is -3.05. The molecule has 1 aromatic heterocycles. The first-order chi connectivity index (χ1) is 12.7. The van der Waals surface area contributed by atoms with Crippen LogP contribution in [0.1, 0.15) is 19.4 Å². The maximum Gasteiger partial charge on any atom is 0.229 e. The normalized spacial score (nSPS) is 11.6. The SMILES string of the molecule is CC(C)Oc1cc2c(C#N)c(-c3ccc(F)cc3)oc2cc1NS(C)(=O)=O. The number of nitrogens with one attached hydrogen (secondary N) is 1. The van der Waals surface area contributed by atoms with Crippen LogP contribution < -0.4 is 9.46 Å². The van der Waals surface area contributed by atoms with Gasteiger partial charge in [0.2, 0.25) is 10.0 Å². The third kappa shape index (κ3) is 4.04. The topological polar surface area (TPSA) is 92.3 Å². The van der Waals surface area contributed by atoms with Gasteiger partial charge in [-0.15, -0.1) is 0 Å². The first kappa shape index (κ1) is 18.7. The van der Waals surface area contributed by atoms with Gasteiger partial charge in [-0.05, 0) is 44.2 Å². The number of nitriles is 1. The zero-order chi connectivity index (χ0) is 19.8. The molecule has 0 saturated carbocycles. The number of nitrogens with zero attached hydrogens (tertiary/aromatic N) is 1. The quantitative estimate of drug-likeness (QED) is 0.705. The minimum absolute atomic E-state index is 0.211. The molecule has 0 spiro atoms. The maximum absolute atomic E-state index is 13.2. The second-order valence-electron chi connectivity index (χ2n) is 6.31. The highest BCUT2D eigenvalue weighted by molar-refractivity contribution is 7.92. The van der Waals surface area contributed by atoms with Gasteiger partial charge in [0.25, 0.3) is 0 Å². The minimum atomic E-state index is -3.55. The molecular weight excluding hydrogens is 371 g/mol. The number of ether oxygens (including phenoxy) is 1. The monoisotopic (exact) mass is 388 g/mol. The van der Waals surface area contributed by atoms with Gasteiger partial charge >= 0.3 is 0 Å². The van der Waals surface area contributed by atoms with E-state index in [2.05, 4.69) is 10.8 Å². The van der Waals surface area contributed by atoms with Crippen molar-refractivity contribution < 1.29 is 22.0 Å². The molecule has 27 heavy (non-hydrogen) atoms. The van der Waals surface area contributed by atoms with E-state index in [1.165, 1.54) is 30.3 Å². The van der Waals surface area contributed by atoms with Gasteiger partial charge in [-0.1, -0.05) is 0 Å². The van der Waals surface area contributed by atoms with Crippen molar-refractivity contribution in [1.29, 1.82) is 5.26 Å². The molecule has 0 amide bonds. The van der Waals surface area contributed by atoms with Gasteiger partial charge in [0.1, 0.15) is 28.8 Å². The highest BCUT2D eigenvalue weighted by Gasteiger charge is 2.20. The van der Waals surface area contributed by atoms with Crippen LogP contribution >= 0.6 is 0 Å². The first-order valence-electron chi connectivity index (χ1n) is 8.09. The molecule has 0 unspecified atom stereocenters. The Bertz CT molecular complexity index is 1140. The number of sulfonamides is 1. The number of fused-ring (bicyclic) bond motifs is 1. The van der Waals surface area contributed by atoms with Crippen LogP contribution in [0.15, 0.2) is 40.8 Å². The van der Waals surface area contributed by atoms with Gasteiger partial charge in [-0.3, -0.25) is 4.72 Å². The van der Waals surface area contributed by atoms with E-state index in [-0.39, 0.29) is 28.9 Å². The number of halogens is 1. The van der Waals surface area contributed by atoms with E-state index in [1.807, 2.05) is 0 Å². The number of benzene rings is 2. The van der Waals surface area contributed by atoms with Crippen molar-refractivity contribution in [1.82, 2.24) is 0 Å². The molecule has 1 heterocycles. The Morgan fingerprint density at radius 3 is 2.44 bits per heavy atom. The highest BCUT2D eigenvalue weighted by Crippen LogP contribution is 2.39. The molecule has 0 aliphatic carbocycles. The lowest BCUT2D eigenvalue weighted by Gasteiger charge is -2.14. The Labute approximate surface area is 156 Å².